The maximum Gasteiger partial charge on any atom is 0.166 e. The number of ether oxygens (including phenoxy) is 1. The van der Waals surface area contributed by atoms with E-state index in [4.69, 9.17) is 16.2 Å². The highest BCUT2D eigenvalue weighted by atomic mass is 16.5. The molecule has 0 saturated carbocycles. The Hall–Kier alpha value is -2.07. The van der Waals surface area contributed by atoms with Crippen LogP contribution in [-0.2, 0) is 6.54 Å². The lowest BCUT2D eigenvalue weighted by Gasteiger charge is -2.07. The second kappa shape index (κ2) is 4.84. The van der Waals surface area contributed by atoms with Gasteiger partial charge < -0.3 is 16.2 Å². The molecule has 0 aliphatic heterocycles. The maximum atomic E-state index is 5.78. The molecule has 2 aromatic rings. The van der Waals surface area contributed by atoms with Crippen molar-refractivity contribution in [3.05, 3.63) is 42.0 Å². The van der Waals surface area contributed by atoms with E-state index in [0.717, 1.165) is 16.8 Å². The number of pyridine rings is 1. The molecule has 0 unspecified atom stereocenters. The standard InChI is InChI=1S/C13H15N3O/c1-17-12-6-5-11(16-13(12)15)10-4-2-3-9(7-10)8-14/h2-7H,8,14H2,1H3,(H2,15,16). The number of hydrogen-bond acceptors (Lipinski definition) is 4. The quantitative estimate of drug-likeness (QED) is 0.841. The van der Waals surface area contributed by atoms with Crippen LogP contribution < -0.4 is 16.2 Å². The normalized spacial score (nSPS) is 10.2. The van der Waals surface area contributed by atoms with Crippen molar-refractivity contribution in [2.45, 2.75) is 6.54 Å². The van der Waals surface area contributed by atoms with Crippen molar-refractivity contribution in [3.63, 3.8) is 0 Å². The monoisotopic (exact) mass is 229 g/mol. The fourth-order valence-corrected chi connectivity index (χ4v) is 1.65. The minimum absolute atomic E-state index is 0.392. The van der Waals surface area contributed by atoms with Gasteiger partial charge in [-0.15, -0.1) is 0 Å². The molecule has 4 nitrogen and oxygen atoms in total. The highest BCUT2D eigenvalue weighted by Gasteiger charge is 2.04. The van der Waals surface area contributed by atoms with E-state index < -0.39 is 0 Å². The molecule has 0 spiro atoms. The fourth-order valence-electron chi connectivity index (χ4n) is 1.65. The summed E-state index contributed by atoms with van der Waals surface area (Å²) in [6, 6.07) is 11.6. The van der Waals surface area contributed by atoms with Crippen molar-refractivity contribution in [1.82, 2.24) is 4.98 Å². The summed E-state index contributed by atoms with van der Waals surface area (Å²) in [5, 5.41) is 0. The number of nitrogens with two attached hydrogens (primary N) is 2. The van der Waals surface area contributed by atoms with E-state index in [1.807, 2.05) is 36.4 Å². The topological polar surface area (TPSA) is 74.2 Å². The van der Waals surface area contributed by atoms with Crippen LogP contribution in [0.15, 0.2) is 36.4 Å². The van der Waals surface area contributed by atoms with Gasteiger partial charge in [0.25, 0.3) is 0 Å². The average molecular weight is 229 g/mol. The van der Waals surface area contributed by atoms with Crippen molar-refractivity contribution < 1.29 is 4.74 Å². The van der Waals surface area contributed by atoms with E-state index in [2.05, 4.69) is 4.98 Å². The molecule has 1 heterocycles. The van der Waals surface area contributed by atoms with Crippen LogP contribution in [0.1, 0.15) is 5.56 Å². The summed E-state index contributed by atoms with van der Waals surface area (Å²) in [5.41, 5.74) is 14.3. The lowest BCUT2D eigenvalue weighted by atomic mass is 10.1. The lowest BCUT2D eigenvalue weighted by molar-refractivity contribution is 0.415. The van der Waals surface area contributed by atoms with Gasteiger partial charge in [-0.05, 0) is 23.8 Å². The summed E-state index contributed by atoms with van der Waals surface area (Å²) in [6.45, 7) is 0.513. The second-order valence-electron chi connectivity index (χ2n) is 3.69. The molecule has 0 amide bonds. The largest absolute Gasteiger partial charge is 0.493 e. The zero-order valence-corrected chi connectivity index (χ0v) is 9.68. The van der Waals surface area contributed by atoms with Gasteiger partial charge in [-0.3, -0.25) is 0 Å². The molecule has 0 saturated heterocycles. The molecule has 0 aliphatic rings. The number of anilines is 1. The zero-order chi connectivity index (χ0) is 12.3. The van der Waals surface area contributed by atoms with E-state index in [0.29, 0.717) is 18.1 Å². The predicted octanol–water partition coefficient (Wildman–Crippen LogP) is 1.80. The van der Waals surface area contributed by atoms with Crippen LogP contribution in [0.3, 0.4) is 0 Å². The summed E-state index contributed by atoms with van der Waals surface area (Å²) in [4.78, 5) is 4.30. The Balaban J connectivity index is 2.42. The van der Waals surface area contributed by atoms with E-state index in [1.54, 1.807) is 7.11 Å². The molecule has 17 heavy (non-hydrogen) atoms. The van der Waals surface area contributed by atoms with Crippen molar-refractivity contribution >= 4 is 5.82 Å². The maximum absolute atomic E-state index is 5.78. The van der Waals surface area contributed by atoms with Gasteiger partial charge in [-0.1, -0.05) is 18.2 Å². The van der Waals surface area contributed by atoms with Gasteiger partial charge >= 0.3 is 0 Å². The number of hydrogen-bond donors (Lipinski definition) is 2. The van der Waals surface area contributed by atoms with Crippen molar-refractivity contribution in [2.24, 2.45) is 5.73 Å². The molecule has 4 N–H and O–H groups in total. The van der Waals surface area contributed by atoms with Crippen LogP contribution in [0, 0.1) is 0 Å². The summed E-state index contributed by atoms with van der Waals surface area (Å²) in [6.07, 6.45) is 0. The van der Waals surface area contributed by atoms with Gasteiger partial charge in [-0.2, -0.15) is 0 Å². The molecule has 1 aromatic carbocycles. The van der Waals surface area contributed by atoms with Crippen molar-refractivity contribution in [3.8, 4) is 17.0 Å². The van der Waals surface area contributed by atoms with Crippen LogP contribution in [0.25, 0.3) is 11.3 Å². The first-order valence-electron chi connectivity index (χ1n) is 5.34. The zero-order valence-electron chi connectivity index (χ0n) is 9.68. The van der Waals surface area contributed by atoms with E-state index in [9.17, 15) is 0 Å². The number of nitrogen functional groups attached to an aromatic ring is 1. The Morgan fingerprint density at radius 2 is 2.06 bits per heavy atom. The summed E-state index contributed by atoms with van der Waals surface area (Å²) >= 11 is 0. The van der Waals surface area contributed by atoms with Gasteiger partial charge in [0.1, 0.15) is 0 Å². The Labute approximate surface area is 100 Å². The second-order valence-corrected chi connectivity index (χ2v) is 3.69. The smallest absolute Gasteiger partial charge is 0.166 e. The van der Waals surface area contributed by atoms with Crippen LogP contribution in [0.5, 0.6) is 5.75 Å². The Kier molecular flexibility index (Phi) is 3.25. The van der Waals surface area contributed by atoms with Gasteiger partial charge in [-0.25, -0.2) is 4.98 Å². The van der Waals surface area contributed by atoms with E-state index in [1.165, 1.54) is 0 Å². The van der Waals surface area contributed by atoms with Crippen molar-refractivity contribution in [1.29, 1.82) is 0 Å². The molecule has 0 radical (unpaired) electrons. The number of methoxy groups -OCH3 is 1. The first-order chi connectivity index (χ1) is 8.24. The molecule has 0 bridgehead atoms. The highest BCUT2D eigenvalue weighted by molar-refractivity contribution is 5.64. The third-order valence-corrected chi connectivity index (χ3v) is 2.56. The number of aromatic nitrogens is 1. The third-order valence-electron chi connectivity index (χ3n) is 2.56. The van der Waals surface area contributed by atoms with Gasteiger partial charge in [0.2, 0.25) is 0 Å². The SMILES string of the molecule is COc1ccc(-c2cccc(CN)c2)nc1N. The van der Waals surface area contributed by atoms with Crippen molar-refractivity contribution in [2.75, 3.05) is 12.8 Å². The van der Waals surface area contributed by atoms with Gasteiger partial charge in [0, 0.05) is 12.1 Å². The van der Waals surface area contributed by atoms with Crippen LogP contribution in [0.2, 0.25) is 0 Å². The van der Waals surface area contributed by atoms with E-state index in [-0.39, 0.29) is 0 Å². The van der Waals surface area contributed by atoms with Crippen LogP contribution >= 0.6 is 0 Å². The molecule has 0 fully saturated rings. The number of rotatable bonds is 3. The van der Waals surface area contributed by atoms with E-state index >= 15 is 0 Å². The Morgan fingerprint density at radius 1 is 1.24 bits per heavy atom. The molecule has 1 aromatic heterocycles. The number of benzene rings is 1. The first-order valence-corrected chi connectivity index (χ1v) is 5.34. The molecule has 88 valence electrons. The molecular formula is C13H15N3O. The van der Waals surface area contributed by atoms with Gasteiger partial charge in [0.15, 0.2) is 11.6 Å². The predicted molar refractivity (Wildman–Crippen MR) is 68.5 cm³/mol. The molecular weight excluding hydrogens is 214 g/mol. The van der Waals surface area contributed by atoms with Crippen LogP contribution in [-0.4, -0.2) is 12.1 Å². The highest BCUT2D eigenvalue weighted by Crippen LogP contribution is 2.25. The molecule has 0 aliphatic carbocycles. The minimum Gasteiger partial charge on any atom is -0.493 e. The molecule has 2 rings (SSSR count). The molecule has 0 atom stereocenters. The Morgan fingerprint density at radius 3 is 2.71 bits per heavy atom. The average Bonchev–Trinajstić information content (AvgIpc) is 2.38. The minimum atomic E-state index is 0.392. The third kappa shape index (κ3) is 2.37. The fraction of sp³-hybridized carbons (Fsp3) is 0.154. The van der Waals surface area contributed by atoms with Gasteiger partial charge in [0.05, 0.1) is 12.8 Å². The van der Waals surface area contributed by atoms with Crippen LogP contribution in [0.4, 0.5) is 5.82 Å². The summed E-state index contributed by atoms with van der Waals surface area (Å²) in [5.74, 6) is 0.979. The lowest BCUT2D eigenvalue weighted by Crippen LogP contribution is -1.98. The number of nitrogens with zero attached hydrogens (tertiary/aromatic N) is 1. The first kappa shape index (κ1) is 11.4. The summed E-state index contributed by atoms with van der Waals surface area (Å²) in [7, 11) is 1.57. The Bertz CT molecular complexity index is 526. The molecule has 4 heteroatoms. The summed E-state index contributed by atoms with van der Waals surface area (Å²) < 4.78 is 5.07.